The van der Waals surface area contributed by atoms with E-state index in [0.29, 0.717) is 6.42 Å². The summed E-state index contributed by atoms with van der Waals surface area (Å²) in [5, 5.41) is 0. The van der Waals surface area contributed by atoms with Gasteiger partial charge in [-0.3, -0.25) is 9.69 Å². The van der Waals surface area contributed by atoms with E-state index in [1.54, 1.807) is 0 Å². The first-order valence-electron chi connectivity index (χ1n) is 7.11. The van der Waals surface area contributed by atoms with E-state index in [-0.39, 0.29) is 17.8 Å². The molecular formula is C16H23F2NO. The van der Waals surface area contributed by atoms with E-state index in [2.05, 4.69) is 0 Å². The Morgan fingerprint density at radius 2 is 1.65 bits per heavy atom. The van der Waals surface area contributed by atoms with Crippen LogP contribution in [0.15, 0.2) is 18.2 Å². The number of hydrogen-bond donors (Lipinski definition) is 0. The summed E-state index contributed by atoms with van der Waals surface area (Å²) in [7, 11) is 0. The van der Waals surface area contributed by atoms with Crippen LogP contribution in [0.2, 0.25) is 0 Å². The first kappa shape index (κ1) is 16.8. The Labute approximate surface area is 119 Å². The number of likely N-dealkylation sites (N-methyl/N-ethyl adjacent to an activating group) is 1. The molecule has 1 aromatic carbocycles. The molecule has 0 aromatic heterocycles. The fraction of sp³-hybridized carbons (Fsp3) is 0.562. The van der Waals surface area contributed by atoms with Crippen molar-refractivity contribution in [1.29, 1.82) is 0 Å². The number of benzene rings is 1. The lowest BCUT2D eigenvalue weighted by Crippen LogP contribution is -2.52. The minimum absolute atomic E-state index is 0.135. The van der Waals surface area contributed by atoms with Gasteiger partial charge in [0.15, 0.2) is 5.78 Å². The molecule has 0 radical (unpaired) electrons. The summed E-state index contributed by atoms with van der Waals surface area (Å²) in [6, 6.07) is 3.68. The summed E-state index contributed by atoms with van der Waals surface area (Å²) in [6.45, 7) is 9.19. The Morgan fingerprint density at radius 3 is 2.05 bits per heavy atom. The van der Waals surface area contributed by atoms with Gasteiger partial charge < -0.3 is 0 Å². The fourth-order valence-electron chi connectivity index (χ4n) is 2.57. The highest BCUT2D eigenvalue weighted by Gasteiger charge is 2.36. The molecule has 0 saturated carbocycles. The number of rotatable bonds is 7. The highest BCUT2D eigenvalue weighted by Crippen LogP contribution is 2.24. The number of Topliss-reactive ketones (excluding diaryl/α,β-unsaturated/α-hetero) is 1. The van der Waals surface area contributed by atoms with Gasteiger partial charge >= 0.3 is 0 Å². The summed E-state index contributed by atoms with van der Waals surface area (Å²) >= 11 is 0. The van der Waals surface area contributed by atoms with Gasteiger partial charge in [0.2, 0.25) is 0 Å². The van der Waals surface area contributed by atoms with E-state index in [9.17, 15) is 13.6 Å². The average molecular weight is 283 g/mol. The van der Waals surface area contributed by atoms with Crippen molar-refractivity contribution in [2.75, 3.05) is 13.1 Å². The van der Waals surface area contributed by atoms with Crippen molar-refractivity contribution in [3.8, 4) is 0 Å². The standard InChI is InChI=1S/C16H23F2NO/c1-5-16(4,19(6-2)7-3)15(20)11-12-13(17)9-8-10-14(12)18/h8-10H,5-7,11H2,1-4H3. The molecule has 1 unspecified atom stereocenters. The molecule has 1 atom stereocenters. The quantitative estimate of drug-likeness (QED) is 0.762. The maximum absolute atomic E-state index is 13.7. The van der Waals surface area contributed by atoms with Gasteiger partial charge in [-0.1, -0.05) is 26.8 Å². The molecule has 2 nitrogen and oxygen atoms in total. The number of carbonyl (C=O) groups excluding carboxylic acids is 1. The Hall–Kier alpha value is -1.29. The number of nitrogens with zero attached hydrogens (tertiary/aromatic N) is 1. The zero-order chi connectivity index (χ0) is 15.3. The highest BCUT2D eigenvalue weighted by atomic mass is 19.1. The largest absolute Gasteiger partial charge is 0.297 e. The van der Waals surface area contributed by atoms with Crippen LogP contribution in [0.3, 0.4) is 0 Å². The smallest absolute Gasteiger partial charge is 0.157 e. The molecule has 20 heavy (non-hydrogen) atoms. The second kappa shape index (κ2) is 6.93. The van der Waals surface area contributed by atoms with Crippen LogP contribution in [0.4, 0.5) is 8.78 Å². The van der Waals surface area contributed by atoms with E-state index < -0.39 is 17.2 Å². The number of hydrogen-bond acceptors (Lipinski definition) is 2. The highest BCUT2D eigenvalue weighted by molar-refractivity contribution is 5.89. The minimum atomic E-state index is -0.682. The Bertz CT molecular complexity index is 451. The molecular weight excluding hydrogens is 260 g/mol. The molecule has 0 aliphatic heterocycles. The Kier molecular flexibility index (Phi) is 5.81. The van der Waals surface area contributed by atoms with Gasteiger partial charge in [0.1, 0.15) is 11.6 Å². The van der Waals surface area contributed by atoms with Crippen LogP contribution in [-0.4, -0.2) is 29.3 Å². The SMILES string of the molecule is CCN(CC)C(C)(CC)C(=O)Cc1c(F)cccc1F. The van der Waals surface area contributed by atoms with E-state index in [4.69, 9.17) is 0 Å². The van der Waals surface area contributed by atoms with Crippen LogP contribution in [0.5, 0.6) is 0 Å². The number of carbonyl (C=O) groups is 1. The van der Waals surface area contributed by atoms with Gasteiger partial charge in [0, 0.05) is 12.0 Å². The molecule has 112 valence electrons. The van der Waals surface area contributed by atoms with Crippen molar-refractivity contribution < 1.29 is 13.6 Å². The van der Waals surface area contributed by atoms with Crippen molar-refractivity contribution in [1.82, 2.24) is 4.90 Å². The van der Waals surface area contributed by atoms with Gasteiger partial charge in [0.05, 0.1) is 5.54 Å². The monoisotopic (exact) mass is 283 g/mol. The van der Waals surface area contributed by atoms with E-state index in [1.807, 2.05) is 32.6 Å². The van der Waals surface area contributed by atoms with E-state index >= 15 is 0 Å². The minimum Gasteiger partial charge on any atom is -0.297 e. The fourth-order valence-corrected chi connectivity index (χ4v) is 2.57. The molecule has 0 spiro atoms. The molecule has 0 N–H and O–H groups in total. The van der Waals surface area contributed by atoms with E-state index in [1.165, 1.54) is 18.2 Å². The van der Waals surface area contributed by atoms with Gasteiger partial charge in [-0.25, -0.2) is 8.78 Å². The summed E-state index contributed by atoms with van der Waals surface area (Å²) in [5.41, 5.74) is -0.817. The predicted octanol–water partition coefficient (Wildman–Crippen LogP) is 3.59. The second-order valence-corrected chi connectivity index (χ2v) is 5.10. The molecule has 0 saturated heterocycles. The summed E-state index contributed by atoms with van der Waals surface area (Å²) < 4.78 is 27.3. The lowest BCUT2D eigenvalue weighted by atomic mass is 9.87. The molecule has 0 amide bonds. The zero-order valence-electron chi connectivity index (χ0n) is 12.7. The van der Waals surface area contributed by atoms with E-state index in [0.717, 1.165) is 13.1 Å². The van der Waals surface area contributed by atoms with Crippen LogP contribution in [0.25, 0.3) is 0 Å². The van der Waals surface area contributed by atoms with Gasteiger partial charge in [0.25, 0.3) is 0 Å². The van der Waals surface area contributed by atoms with Crippen LogP contribution < -0.4 is 0 Å². The maximum atomic E-state index is 13.7. The van der Waals surface area contributed by atoms with Crippen LogP contribution >= 0.6 is 0 Å². The molecule has 0 aliphatic carbocycles. The zero-order valence-corrected chi connectivity index (χ0v) is 12.7. The second-order valence-electron chi connectivity index (χ2n) is 5.10. The number of ketones is 1. The topological polar surface area (TPSA) is 20.3 Å². The van der Waals surface area contributed by atoms with Crippen molar-refractivity contribution in [2.45, 2.75) is 46.1 Å². The summed E-state index contributed by atoms with van der Waals surface area (Å²) in [5.74, 6) is -1.46. The normalized spacial score (nSPS) is 14.3. The molecule has 0 fully saturated rings. The molecule has 1 aromatic rings. The predicted molar refractivity (Wildman–Crippen MR) is 76.7 cm³/mol. The third-order valence-corrected chi connectivity index (χ3v) is 4.15. The summed E-state index contributed by atoms with van der Waals surface area (Å²) in [4.78, 5) is 14.6. The van der Waals surface area contributed by atoms with Crippen LogP contribution in [-0.2, 0) is 11.2 Å². The van der Waals surface area contributed by atoms with Crippen LogP contribution in [0.1, 0.15) is 39.7 Å². The number of halogens is 2. The van der Waals surface area contributed by atoms with Crippen molar-refractivity contribution in [2.24, 2.45) is 0 Å². The van der Waals surface area contributed by atoms with Crippen molar-refractivity contribution >= 4 is 5.78 Å². The van der Waals surface area contributed by atoms with Gasteiger partial charge in [-0.2, -0.15) is 0 Å². The third kappa shape index (κ3) is 3.23. The molecule has 1 rings (SSSR count). The Balaban J connectivity index is 3.04. The van der Waals surface area contributed by atoms with Crippen molar-refractivity contribution in [3.05, 3.63) is 35.4 Å². The first-order valence-corrected chi connectivity index (χ1v) is 7.11. The summed E-state index contributed by atoms with van der Waals surface area (Å²) in [6.07, 6.45) is 0.406. The molecule has 4 heteroatoms. The van der Waals surface area contributed by atoms with Crippen molar-refractivity contribution in [3.63, 3.8) is 0 Å². The molecule has 0 bridgehead atoms. The van der Waals surface area contributed by atoms with Crippen LogP contribution in [0, 0.1) is 11.6 Å². The molecule has 0 heterocycles. The lowest BCUT2D eigenvalue weighted by Gasteiger charge is -2.38. The first-order chi connectivity index (χ1) is 9.40. The van der Waals surface area contributed by atoms with Gasteiger partial charge in [-0.15, -0.1) is 0 Å². The average Bonchev–Trinajstić information content (AvgIpc) is 2.43. The third-order valence-electron chi connectivity index (χ3n) is 4.15. The molecule has 0 aliphatic rings. The lowest BCUT2D eigenvalue weighted by molar-refractivity contribution is -0.130. The maximum Gasteiger partial charge on any atom is 0.157 e. The Morgan fingerprint density at radius 1 is 1.15 bits per heavy atom. The van der Waals surface area contributed by atoms with Gasteiger partial charge in [-0.05, 0) is 38.6 Å².